The monoisotopic (exact) mass is 332 g/mol. The molecule has 0 saturated carbocycles. The molecule has 1 amide bonds. The summed E-state index contributed by atoms with van der Waals surface area (Å²) in [5.74, 6) is -0.521. The summed E-state index contributed by atoms with van der Waals surface area (Å²) in [6.45, 7) is 0.554. The van der Waals surface area contributed by atoms with Gasteiger partial charge >= 0.3 is 0 Å². The van der Waals surface area contributed by atoms with Crippen molar-refractivity contribution < 1.29 is 18.8 Å². The Morgan fingerprint density at radius 1 is 1.46 bits per heavy atom. The summed E-state index contributed by atoms with van der Waals surface area (Å²) in [7, 11) is 1.41. The molecule has 9 heteroatoms. The van der Waals surface area contributed by atoms with E-state index in [4.69, 9.17) is 15.0 Å². The quantitative estimate of drug-likeness (QED) is 0.625. The minimum Gasteiger partial charge on any atom is -0.480 e. The van der Waals surface area contributed by atoms with Gasteiger partial charge in [-0.05, 0) is 6.07 Å². The van der Waals surface area contributed by atoms with E-state index in [1.54, 1.807) is 6.07 Å². The first kappa shape index (κ1) is 15.9. The summed E-state index contributed by atoms with van der Waals surface area (Å²) < 4.78 is 10.1. The predicted molar refractivity (Wildman–Crippen MR) is 81.8 cm³/mol. The third-order valence-electron chi connectivity index (χ3n) is 3.81. The van der Waals surface area contributed by atoms with Crippen LogP contribution < -0.4 is 21.3 Å². The third kappa shape index (κ3) is 2.93. The number of primary amides is 1. The van der Waals surface area contributed by atoms with E-state index in [9.17, 15) is 14.4 Å². The Morgan fingerprint density at radius 3 is 2.88 bits per heavy atom. The van der Waals surface area contributed by atoms with Gasteiger partial charge in [0.05, 0.1) is 24.8 Å². The van der Waals surface area contributed by atoms with E-state index in [2.05, 4.69) is 15.5 Å². The van der Waals surface area contributed by atoms with Crippen LogP contribution in [0.3, 0.4) is 0 Å². The molecule has 0 radical (unpaired) electrons. The number of ketones is 1. The zero-order valence-electron chi connectivity index (χ0n) is 12.9. The van der Waals surface area contributed by atoms with Gasteiger partial charge in [0.1, 0.15) is 11.8 Å². The van der Waals surface area contributed by atoms with Gasteiger partial charge in [-0.15, -0.1) is 0 Å². The summed E-state index contributed by atoms with van der Waals surface area (Å²) >= 11 is 0. The first-order valence-corrected chi connectivity index (χ1v) is 7.30. The minimum atomic E-state index is -0.705. The van der Waals surface area contributed by atoms with Crippen LogP contribution >= 0.6 is 0 Å². The molecule has 3 heterocycles. The molecular formula is C15H16N4O5. The number of carbonyl (C=O) groups excluding carboxylic acids is 2. The molecule has 126 valence electrons. The third-order valence-corrected chi connectivity index (χ3v) is 3.81. The van der Waals surface area contributed by atoms with E-state index in [1.807, 2.05) is 0 Å². The molecule has 1 unspecified atom stereocenters. The van der Waals surface area contributed by atoms with Crippen LogP contribution in [0.4, 0.5) is 0 Å². The second-order valence-electron chi connectivity index (χ2n) is 5.40. The highest BCUT2D eigenvalue weighted by molar-refractivity contribution is 5.99. The van der Waals surface area contributed by atoms with Crippen molar-refractivity contribution in [3.8, 4) is 5.88 Å². The van der Waals surface area contributed by atoms with Crippen molar-refractivity contribution in [3.63, 3.8) is 0 Å². The molecule has 24 heavy (non-hydrogen) atoms. The van der Waals surface area contributed by atoms with Crippen molar-refractivity contribution >= 4 is 11.7 Å². The number of aromatic nitrogens is 2. The number of nitrogens with two attached hydrogens (primary N) is 1. The molecule has 0 fully saturated rings. The summed E-state index contributed by atoms with van der Waals surface area (Å²) in [5, 5.41) is 5.13. The van der Waals surface area contributed by atoms with Crippen LogP contribution in [-0.4, -0.2) is 35.5 Å². The highest BCUT2D eigenvalue weighted by atomic mass is 16.5. The molecular weight excluding hydrogens is 316 g/mol. The van der Waals surface area contributed by atoms with Gasteiger partial charge in [0.15, 0.2) is 5.78 Å². The lowest BCUT2D eigenvalue weighted by atomic mass is 9.95. The summed E-state index contributed by atoms with van der Waals surface area (Å²) in [5.41, 5.74) is 6.41. The number of amides is 1. The topological polar surface area (TPSA) is 140 Å². The van der Waals surface area contributed by atoms with Crippen LogP contribution in [0.5, 0.6) is 5.88 Å². The van der Waals surface area contributed by atoms with Crippen LogP contribution in [0.25, 0.3) is 0 Å². The number of nitrogens with one attached hydrogen (secondary N) is 2. The number of hydrogen-bond donors (Lipinski definition) is 3. The van der Waals surface area contributed by atoms with Crippen molar-refractivity contribution in [2.24, 2.45) is 5.73 Å². The zero-order chi connectivity index (χ0) is 17.3. The number of pyridine rings is 1. The van der Waals surface area contributed by atoms with Gasteiger partial charge in [0.2, 0.25) is 11.8 Å². The lowest BCUT2D eigenvalue weighted by Crippen LogP contribution is -2.39. The lowest BCUT2D eigenvalue weighted by molar-refractivity contribution is -0.120. The minimum absolute atomic E-state index is 0.135. The Bertz CT molecular complexity index is 854. The molecule has 9 nitrogen and oxygen atoms in total. The smallest absolute Gasteiger partial charge is 0.280 e. The maximum atomic E-state index is 12.5. The number of fused-ring (bicyclic) bond motifs is 1. The van der Waals surface area contributed by atoms with Crippen LogP contribution in [0, 0.1) is 0 Å². The summed E-state index contributed by atoms with van der Waals surface area (Å²) in [6.07, 6.45) is 0.459. The molecule has 0 bridgehead atoms. The van der Waals surface area contributed by atoms with Gasteiger partial charge in [-0.25, -0.2) is 4.98 Å². The van der Waals surface area contributed by atoms with Crippen LogP contribution in [0.1, 0.15) is 33.4 Å². The number of Topliss-reactive ketones (excluding diaryl/α,β-unsaturated/α-hetero) is 1. The van der Waals surface area contributed by atoms with Crippen LogP contribution in [-0.2, 0) is 17.6 Å². The Labute approximate surface area is 136 Å². The average Bonchev–Trinajstić information content (AvgIpc) is 2.97. The summed E-state index contributed by atoms with van der Waals surface area (Å²) in [6, 6.07) is 2.06. The van der Waals surface area contributed by atoms with Crippen molar-refractivity contribution in [3.05, 3.63) is 45.1 Å². The molecule has 1 atom stereocenters. The highest BCUT2D eigenvalue weighted by Gasteiger charge is 2.28. The van der Waals surface area contributed by atoms with Crippen molar-refractivity contribution in [1.29, 1.82) is 0 Å². The molecule has 1 aliphatic rings. The van der Waals surface area contributed by atoms with Gasteiger partial charge in [0, 0.05) is 24.6 Å². The molecule has 0 spiro atoms. The molecule has 2 aromatic heterocycles. The van der Waals surface area contributed by atoms with E-state index in [0.29, 0.717) is 24.2 Å². The number of aromatic amines is 1. The fourth-order valence-electron chi connectivity index (χ4n) is 2.71. The number of carbonyl (C=O) groups is 2. The number of nitrogens with zero attached hydrogens (tertiary/aromatic N) is 1. The first-order valence-electron chi connectivity index (χ1n) is 7.30. The van der Waals surface area contributed by atoms with Crippen LogP contribution in [0.2, 0.25) is 0 Å². The zero-order valence-corrected chi connectivity index (χ0v) is 12.9. The average molecular weight is 332 g/mol. The number of H-pyrrole nitrogens is 1. The van der Waals surface area contributed by atoms with E-state index in [1.165, 1.54) is 13.2 Å². The maximum absolute atomic E-state index is 12.5. The number of ether oxygens (including phenoxy) is 1. The van der Waals surface area contributed by atoms with Crippen molar-refractivity contribution in [1.82, 2.24) is 15.5 Å². The van der Waals surface area contributed by atoms with Gasteiger partial charge < -0.3 is 20.3 Å². The van der Waals surface area contributed by atoms with Crippen molar-refractivity contribution in [2.75, 3.05) is 13.7 Å². The van der Waals surface area contributed by atoms with E-state index < -0.39 is 17.5 Å². The number of rotatable bonds is 5. The van der Waals surface area contributed by atoms with E-state index in [0.717, 1.165) is 0 Å². The molecule has 1 aliphatic heterocycles. The second-order valence-corrected chi connectivity index (χ2v) is 5.40. The largest absolute Gasteiger partial charge is 0.480 e. The molecule has 2 aromatic rings. The van der Waals surface area contributed by atoms with E-state index >= 15 is 0 Å². The Hall–Kier alpha value is -2.94. The number of methoxy groups -OCH3 is 1. The lowest BCUT2D eigenvalue weighted by Gasteiger charge is -2.25. The van der Waals surface area contributed by atoms with Gasteiger partial charge in [-0.2, -0.15) is 5.16 Å². The normalized spacial score (nSPS) is 16.5. The molecule has 0 aliphatic carbocycles. The predicted octanol–water partition coefficient (Wildman–Crippen LogP) is -0.531. The van der Waals surface area contributed by atoms with Gasteiger partial charge in [0.25, 0.3) is 5.56 Å². The molecule has 4 N–H and O–H groups in total. The Balaban J connectivity index is 2.00. The summed E-state index contributed by atoms with van der Waals surface area (Å²) in [4.78, 5) is 39.6. The fourth-order valence-corrected chi connectivity index (χ4v) is 2.71. The molecule has 0 saturated heterocycles. The highest BCUT2D eigenvalue weighted by Crippen LogP contribution is 2.28. The Kier molecular flexibility index (Phi) is 4.17. The maximum Gasteiger partial charge on any atom is 0.280 e. The van der Waals surface area contributed by atoms with Gasteiger partial charge in [-0.1, -0.05) is 0 Å². The first-order chi connectivity index (χ1) is 11.5. The second kappa shape index (κ2) is 6.28. The molecule has 3 rings (SSSR count). The standard InChI is InChI=1S/C15H16N4O5/c1-23-15-9(11(20)4-7-5-12(21)19-24-7)6-8-10(18-15)2-3-17-13(8)14(16)22/h5-6,13,17H,2-4H2,1H3,(H2,16,22)(H,19,21). The van der Waals surface area contributed by atoms with Gasteiger partial charge in [-0.3, -0.25) is 14.4 Å². The Morgan fingerprint density at radius 2 is 2.25 bits per heavy atom. The van der Waals surface area contributed by atoms with Crippen LogP contribution in [0.15, 0.2) is 21.5 Å². The van der Waals surface area contributed by atoms with E-state index in [-0.39, 0.29) is 29.4 Å². The van der Waals surface area contributed by atoms with Crippen molar-refractivity contribution in [2.45, 2.75) is 18.9 Å². The number of hydrogen-bond acceptors (Lipinski definition) is 7. The fraction of sp³-hybridized carbons (Fsp3) is 0.333. The molecule has 0 aromatic carbocycles. The SMILES string of the molecule is COc1nc2c(cc1C(=O)Cc1cc(=O)[nH]o1)C(C(N)=O)NCC2.